The van der Waals surface area contributed by atoms with Crippen LogP contribution < -0.4 is 0 Å². The first-order valence-corrected chi connectivity index (χ1v) is 7.62. The summed E-state index contributed by atoms with van der Waals surface area (Å²) in [7, 11) is -2.05. The summed E-state index contributed by atoms with van der Waals surface area (Å²) >= 11 is 0. The van der Waals surface area contributed by atoms with Crippen LogP contribution >= 0.6 is 0 Å². The molecule has 0 fully saturated rings. The maximum atomic E-state index is 12.2. The molecule has 0 spiro atoms. The number of hydrogen-bond acceptors (Lipinski definition) is 4. The van der Waals surface area contributed by atoms with Crippen molar-refractivity contribution in [1.82, 2.24) is 14.5 Å². The number of rotatable bonds is 4. The molecule has 0 amide bonds. The summed E-state index contributed by atoms with van der Waals surface area (Å²) in [4.78, 5) is 0. The van der Waals surface area contributed by atoms with Crippen LogP contribution in [-0.2, 0) is 16.6 Å². The third kappa shape index (κ3) is 3.70. The Morgan fingerprint density at radius 2 is 2.00 bits per heavy atom. The van der Waals surface area contributed by atoms with Gasteiger partial charge in [-0.05, 0) is 23.8 Å². The fourth-order valence-corrected chi connectivity index (χ4v) is 2.79. The van der Waals surface area contributed by atoms with Crippen molar-refractivity contribution in [1.29, 1.82) is 0 Å². The van der Waals surface area contributed by atoms with E-state index in [0.29, 0.717) is 0 Å². The molecule has 0 aliphatic heterocycles. The van der Waals surface area contributed by atoms with Crippen LogP contribution in [0.15, 0.2) is 41.6 Å². The standard InChI is InChI=1S/C14H15N3O3S/c1-17(21(19,20)14-8-9-15-16-14)11-13-6-4-12(5-7-13)3-2-10-18/h4-9,18H,10-11H2,1H3,(H,15,16). The zero-order valence-corrected chi connectivity index (χ0v) is 12.3. The molecule has 0 unspecified atom stereocenters. The number of aromatic nitrogens is 2. The molecule has 0 bridgehead atoms. The molecule has 1 heterocycles. The predicted molar refractivity (Wildman–Crippen MR) is 77.6 cm³/mol. The number of aliphatic hydroxyl groups excluding tert-OH is 1. The SMILES string of the molecule is CN(Cc1ccc(C#CCO)cc1)S(=O)(=O)c1ccn[nH]1. The first kappa shape index (κ1) is 15.3. The summed E-state index contributed by atoms with van der Waals surface area (Å²) in [6.45, 7) is 0.0575. The molecule has 0 saturated carbocycles. The Hall–Kier alpha value is -2.14. The molecule has 0 saturated heterocycles. The largest absolute Gasteiger partial charge is 0.384 e. The zero-order valence-electron chi connectivity index (χ0n) is 11.4. The van der Waals surface area contributed by atoms with Crippen molar-refractivity contribution in [3.63, 3.8) is 0 Å². The third-order valence-electron chi connectivity index (χ3n) is 2.83. The van der Waals surface area contributed by atoms with Crippen LogP contribution in [0.25, 0.3) is 0 Å². The van der Waals surface area contributed by atoms with Crippen molar-refractivity contribution < 1.29 is 13.5 Å². The Morgan fingerprint density at radius 1 is 1.29 bits per heavy atom. The molecule has 2 N–H and O–H groups in total. The van der Waals surface area contributed by atoms with Gasteiger partial charge in [0, 0.05) is 19.2 Å². The molecule has 0 radical (unpaired) electrons. The molecule has 0 atom stereocenters. The molecule has 0 aliphatic carbocycles. The maximum Gasteiger partial charge on any atom is 0.260 e. The van der Waals surface area contributed by atoms with E-state index in [2.05, 4.69) is 22.0 Å². The van der Waals surface area contributed by atoms with Gasteiger partial charge in [0.1, 0.15) is 6.61 Å². The van der Waals surface area contributed by atoms with Crippen molar-refractivity contribution >= 4 is 10.0 Å². The molecule has 110 valence electrons. The second kappa shape index (κ2) is 6.54. The maximum absolute atomic E-state index is 12.2. The van der Waals surface area contributed by atoms with Gasteiger partial charge in [0.15, 0.2) is 5.03 Å². The van der Waals surface area contributed by atoms with Crippen LogP contribution in [0.3, 0.4) is 0 Å². The van der Waals surface area contributed by atoms with E-state index in [-0.39, 0.29) is 18.2 Å². The molecule has 1 aromatic heterocycles. The van der Waals surface area contributed by atoms with Gasteiger partial charge in [-0.25, -0.2) is 8.42 Å². The van der Waals surface area contributed by atoms with Gasteiger partial charge in [-0.15, -0.1) is 0 Å². The Kier molecular flexibility index (Phi) is 4.75. The second-order valence-corrected chi connectivity index (χ2v) is 6.35. The summed E-state index contributed by atoms with van der Waals surface area (Å²) in [6, 6.07) is 8.60. The summed E-state index contributed by atoms with van der Waals surface area (Å²) in [5.74, 6) is 5.34. The lowest BCUT2D eigenvalue weighted by Crippen LogP contribution is -2.26. The molecule has 6 nitrogen and oxygen atoms in total. The monoisotopic (exact) mass is 305 g/mol. The van der Waals surface area contributed by atoms with E-state index in [0.717, 1.165) is 11.1 Å². The Morgan fingerprint density at radius 3 is 2.57 bits per heavy atom. The van der Waals surface area contributed by atoms with Gasteiger partial charge in [-0.1, -0.05) is 24.0 Å². The minimum atomic E-state index is -3.56. The number of aliphatic hydroxyl groups is 1. The number of benzene rings is 1. The van der Waals surface area contributed by atoms with Crippen LogP contribution in [0.2, 0.25) is 0 Å². The van der Waals surface area contributed by atoms with Crippen LogP contribution in [0, 0.1) is 11.8 Å². The van der Waals surface area contributed by atoms with Crippen molar-refractivity contribution in [2.45, 2.75) is 11.6 Å². The highest BCUT2D eigenvalue weighted by Gasteiger charge is 2.21. The number of nitrogens with zero attached hydrogens (tertiary/aromatic N) is 2. The summed E-state index contributed by atoms with van der Waals surface area (Å²) in [5.41, 5.74) is 1.61. The van der Waals surface area contributed by atoms with Gasteiger partial charge in [0.05, 0.1) is 6.20 Å². The van der Waals surface area contributed by atoms with Crippen molar-refractivity contribution in [3.05, 3.63) is 47.7 Å². The van der Waals surface area contributed by atoms with Crippen molar-refractivity contribution in [2.75, 3.05) is 13.7 Å². The smallest absolute Gasteiger partial charge is 0.260 e. The number of aromatic amines is 1. The van der Waals surface area contributed by atoms with E-state index in [9.17, 15) is 8.42 Å². The summed E-state index contributed by atoms with van der Waals surface area (Å²) < 4.78 is 25.7. The lowest BCUT2D eigenvalue weighted by atomic mass is 10.1. The average molecular weight is 305 g/mol. The molecule has 2 aromatic rings. The van der Waals surface area contributed by atoms with Crippen LogP contribution in [0.4, 0.5) is 0 Å². The lowest BCUT2D eigenvalue weighted by molar-refractivity contribution is 0.350. The molecular formula is C14H15N3O3S. The number of H-pyrrole nitrogens is 1. The predicted octanol–water partition coefficient (Wildman–Crippen LogP) is 0.574. The minimum absolute atomic E-state index is 0.0652. The Labute approximate surface area is 123 Å². The molecule has 0 aliphatic rings. The van der Waals surface area contributed by atoms with E-state index in [1.165, 1.54) is 23.6 Å². The normalized spacial score (nSPS) is 11.2. The first-order valence-electron chi connectivity index (χ1n) is 6.18. The van der Waals surface area contributed by atoms with E-state index >= 15 is 0 Å². The molecule has 7 heteroatoms. The highest BCUT2D eigenvalue weighted by molar-refractivity contribution is 7.89. The van der Waals surface area contributed by atoms with E-state index < -0.39 is 10.0 Å². The topological polar surface area (TPSA) is 86.3 Å². The van der Waals surface area contributed by atoms with Gasteiger partial charge in [-0.3, -0.25) is 5.10 Å². The molecule has 2 rings (SSSR count). The Bertz CT molecular complexity index is 741. The first-order chi connectivity index (χ1) is 10.0. The van der Waals surface area contributed by atoms with Crippen LogP contribution in [0.5, 0.6) is 0 Å². The number of sulfonamides is 1. The molecular weight excluding hydrogens is 290 g/mol. The van der Waals surface area contributed by atoms with Gasteiger partial charge < -0.3 is 5.11 Å². The van der Waals surface area contributed by atoms with Crippen LogP contribution in [0.1, 0.15) is 11.1 Å². The number of hydrogen-bond donors (Lipinski definition) is 2. The fraction of sp³-hybridized carbons (Fsp3) is 0.214. The lowest BCUT2D eigenvalue weighted by Gasteiger charge is -2.15. The molecule has 1 aromatic carbocycles. The van der Waals surface area contributed by atoms with Gasteiger partial charge in [-0.2, -0.15) is 9.40 Å². The zero-order chi connectivity index (χ0) is 15.3. The highest BCUT2D eigenvalue weighted by atomic mass is 32.2. The fourth-order valence-electron chi connectivity index (χ4n) is 1.73. The van der Waals surface area contributed by atoms with Crippen molar-refractivity contribution in [2.24, 2.45) is 0 Å². The van der Waals surface area contributed by atoms with E-state index in [1.54, 1.807) is 24.3 Å². The average Bonchev–Trinajstić information content (AvgIpc) is 3.01. The minimum Gasteiger partial charge on any atom is -0.384 e. The quantitative estimate of drug-likeness (QED) is 0.809. The second-order valence-electron chi connectivity index (χ2n) is 4.34. The summed E-state index contributed by atoms with van der Waals surface area (Å²) in [5, 5.41) is 14.8. The van der Waals surface area contributed by atoms with Gasteiger partial charge >= 0.3 is 0 Å². The highest BCUT2D eigenvalue weighted by Crippen LogP contribution is 2.14. The van der Waals surface area contributed by atoms with Gasteiger partial charge in [0.2, 0.25) is 0 Å². The third-order valence-corrected chi connectivity index (χ3v) is 4.57. The summed E-state index contributed by atoms with van der Waals surface area (Å²) in [6.07, 6.45) is 1.40. The van der Waals surface area contributed by atoms with Gasteiger partial charge in [0.25, 0.3) is 10.0 Å². The van der Waals surface area contributed by atoms with Crippen molar-refractivity contribution in [3.8, 4) is 11.8 Å². The number of nitrogens with one attached hydrogen (secondary N) is 1. The molecule has 21 heavy (non-hydrogen) atoms. The van der Waals surface area contributed by atoms with E-state index in [1.807, 2.05) is 0 Å². The van der Waals surface area contributed by atoms with Crippen LogP contribution in [-0.4, -0.2) is 41.7 Å². The Balaban J connectivity index is 2.11. The van der Waals surface area contributed by atoms with E-state index in [4.69, 9.17) is 5.11 Å².